The summed E-state index contributed by atoms with van der Waals surface area (Å²) in [4.78, 5) is 11.3. The van der Waals surface area contributed by atoms with Gasteiger partial charge in [-0.3, -0.25) is 4.79 Å². The molecule has 0 heterocycles. The standard InChI is InChI=1S/C9H18ClNO2/c1-9(2,3)13-8(12)7(10)5-4-6-11/h7H,4-6,11H2,1-3H3. The van der Waals surface area contributed by atoms with Crippen molar-refractivity contribution in [2.75, 3.05) is 6.54 Å². The molecule has 0 aliphatic carbocycles. The first-order valence-electron chi connectivity index (χ1n) is 4.44. The van der Waals surface area contributed by atoms with Crippen LogP contribution in [0.25, 0.3) is 0 Å². The smallest absolute Gasteiger partial charge is 0.324 e. The van der Waals surface area contributed by atoms with E-state index in [4.69, 9.17) is 22.1 Å². The van der Waals surface area contributed by atoms with E-state index in [0.717, 1.165) is 6.42 Å². The monoisotopic (exact) mass is 207 g/mol. The Hall–Kier alpha value is -0.280. The largest absolute Gasteiger partial charge is 0.459 e. The van der Waals surface area contributed by atoms with Crippen LogP contribution in [0.3, 0.4) is 0 Å². The average Bonchev–Trinajstić information content (AvgIpc) is 1.96. The highest BCUT2D eigenvalue weighted by atomic mass is 35.5. The zero-order valence-corrected chi connectivity index (χ0v) is 9.23. The highest BCUT2D eigenvalue weighted by molar-refractivity contribution is 6.29. The Morgan fingerprint density at radius 2 is 2.08 bits per heavy atom. The first kappa shape index (κ1) is 12.7. The molecule has 0 radical (unpaired) electrons. The fraction of sp³-hybridized carbons (Fsp3) is 0.889. The molecule has 4 heteroatoms. The lowest BCUT2D eigenvalue weighted by Crippen LogP contribution is -2.29. The molecule has 0 spiro atoms. The Morgan fingerprint density at radius 3 is 2.46 bits per heavy atom. The van der Waals surface area contributed by atoms with Gasteiger partial charge in [-0.15, -0.1) is 11.6 Å². The van der Waals surface area contributed by atoms with E-state index < -0.39 is 11.0 Å². The fourth-order valence-electron chi connectivity index (χ4n) is 0.781. The summed E-state index contributed by atoms with van der Waals surface area (Å²) in [5, 5.41) is -0.567. The van der Waals surface area contributed by atoms with E-state index in [-0.39, 0.29) is 5.97 Å². The minimum atomic E-state index is -0.567. The third-order valence-corrected chi connectivity index (χ3v) is 1.72. The normalized spacial score (nSPS) is 13.9. The van der Waals surface area contributed by atoms with E-state index in [1.165, 1.54) is 0 Å². The van der Waals surface area contributed by atoms with Gasteiger partial charge in [0.05, 0.1) is 0 Å². The van der Waals surface area contributed by atoms with Crippen LogP contribution in [0.1, 0.15) is 33.6 Å². The Kier molecular flexibility index (Phi) is 5.33. The van der Waals surface area contributed by atoms with Gasteiger partial charge in [0.2, 0.25) is 0 Å². The van der Waals surface area contributed by atoms with Crippen LogP contribution in [-0.2, 0) is 9.53 Å². The molecule has 0 aliphatic rings. The molecule has 13 heavy (non-hydrogen) atoms. The number of ether oxygens (including phenoxy) is 1. The van der Waals surface area contributed by atoms with Crippen molar-refractivity contribution in [1.29, 1.82) is 0 Å². The minimum Gasteiger partial charge on any atom is -0.459 e. The van der Waals surface area contributed by atoms with Crippen LogP contribution in [-0.4, -0.2) is 23.5 Å². The van der Waals surface area contributed by atoms with Crippen molar-refractivity contribution in [1.82, 2.24) is 0 Å². The van der Waals surface area contributed by atoms with Gasteiger partial charge in [-0.1, -0.05) is 0 Å². The predicted octanol–water partition coefficient (Wildman–Crippen LogP) is 1.67. The zero-order chi connectivity index (χ0) is 10.5. The second kappa shape index (κ2) is 5.45. The van der Waals surface area contributed by atoms with Crippen molar-refractivity contribution in [3.05, 3.63) is 0 Å². The SMILES string of the molecule is CC(C)(C)OC(=O)C(Cl)CCCN. The molecular weight excluding hydrogens is 190 g/mol. The Balaban J connectivity index is 3.83. The molecule has 1 unspecified atom stereocenters. The summed E-state index contributed by atoms with van der Waals surface area (Å²) >= 11 is 5.79. The maximum absolute atomic E-state index is 11.3. The van der Waals surface area contributed by atoms with Crippen LogP contribution in [0.15, 0.2) is 0 Å². The number of carbonyl (C=O) groups is 1. The third-order valence-electron chi connectivity index (χ3n) is 1.32. The second-order valence-electron chi connectivity index (χ2n) is 3.93. The van der Waals surface area contributed by atoms with Gasteiger partial charge >= 0.3 is 5.97 Å². The second-order valence-corrected chi connectivity index (χ2v) is 4.46. The number of hydrogen-bond donors (Lipinski definition) is 1. The molecule has 78 valence electrons. The molecule has 0 saturated heterocycles. The average molecular weight is 208 g/mol. The molecule has 0 aliphatic heterocycles. The Bertz CT molecular complexity index is 165. The topological polar surface area (TPSA) is 52.3 Å². The first-order valence-corrected chi connectivity index (χ1v) is 4.87. The summed E-state index contributed by atoms with van der Waals surface area (Å²) < 4.78 is 5.08. The summed E-state index contributed by atoms with van der Waals surface area (Å²) in [6, 6.07) is 0. The number of hydrogen-bond acceptors (Lipinski definition) is 3. The highest BCUT2D eigenvalue weighted by Gasteiger charge is 2.22. The zero-order valence-electron chi connectivity index (χ0n) is 8.47. The van der Waals surface area contributed by atoms with Gasteiger partial charge < -0.3 is 10.5 Å². The van der Waals surface area contributed by atoms with Gasteiger partial charge in [0.1, 0.15) is 11.0 Å². The van der Waals surface area contributed by atoms with Gasteiger partial charge in [-0.05, 0) is 40.2 Å². The molecule has 0 fully saturated rings. The van der Waals surface area contributed by atoms with E-state index in [0.29, 0.717) is 13.0 Å². The van der Waals surface area contributed by atoms with Crippen LogP contribution in [0.4, 0.5) is 0 Å². The van der Waals surface area contributed by atoms with E-state index in [2.05, 4.69) is 0 Å². The number of alkyl halides is 1. The van der Waals surface area contributed by atoms with Crippen LogP contribution in [0.2, 0.25) is 0 Å². The van der Waals surface area contributed by atoms with Gasteiger partial charge in [-0.2, -0.15) is 0 Å². The van der Waals surface area contributed by atoms with Crippen LogP contribution in [0, 0.1) is 0 Å². The van der Waals surface area contributed by atoms with Crippen LogP contribution < -0.4 is 5.73 Å². The van der Waals surface area contributed by atoms with Crippen molar-refractivity contribution in [2.24, 2.45) is 5.73 Å². The molecule has 0 aromatic heterocycles. The Morgan fingerprint density at radius 1 is 1.54 bits per heavy atom. The van der Waals surface area contributed by atoms with E-state index in [9.17, 15) is 4.79 Å². The maximum Gasteiger partial charge on any atom is 0.324 e. The number of nitrogens with two attached hydrogens (primary N) is 1. The quantitative estimate of drug-likeness (QED) is 0.564. The summed E-state index contributed by atoms with van der Waals surface area (Å²) in [5.74, 6) is -0.359. The maximum atomic E-state index is 11.3. The van der Waals surface area contributed by atoms with Gasteiger partial charge in [-0.25, -0.2) is 0 Å². The highest BCUT2D eigenvalue weighted by Crippen LogP contribution is 2.13. The fourth-order valence-corrected chi connectivity index (χ4v) is 0.979. The number of esters is 1. The number of rotatable bonds is 4. The van der Waals surface area contributed by atoms with Crippen molar-refractivity contribution in [3.8, 4) is 0 Å². The molecule has 2 N–H and O–H groups in total. The number of halogens is 1. The molecule has 0 amide bonds. The lowest BCUT2D eigenvalue weighted by molar-refractivity contribution is -0.154. The third kappa shape index (κ3) is 6.84. The minimum absolute atomic E-state index is 0.359. The van der Waals surface area contributed by atoms with Gasteiger partial charge in [0.15, 0.2) is 0 Å². The molecule has 3 nitrogen and oxygen atoms in total. The van der Waals surface area contributed by atoms with Crippen molar-refractivity contribution in [3.63, 3.8) is 0 Å². The lowest BCUT2D eigenvalue weighted by Gasteiger charge is -2.21. The molecule has 0 rings (SSSR count). The van der Waals surface area contributed by atoms with Crippen molar-refractivity contribution in [2.45, 2.75) is 44.6 Å². The predicted molar refractivity (Wildman–Crippen MR) is 53.8 cm³/mol. The lowest BCUT2D eigenvalue weighted by atomic mass is 10.2. The van der Waals surface area contributed by atoms with E-state index in [1.807, 2.05) is 20.8 Å². The first-order chi connectivity index (χ1) is 5.87. The van der Waals surface area contributed by atoms with E-state index in [1.54, 1.807) is 0 Å². The summed E-state index contributed by atoms with van der Waals surface area (Å²) in [6.07, 6.45) is 1.32. The van der Waals surface area contributed by atoms with Crippen molar-refractivity contribution < 1.29 is 9.53 Å². The summed E-state index contributed by atoms with van der Waals surface area (Å²) in [7, 11) is 0. The van der Waals surface area contributed by atoms with Gasteiger partial charge in [0.25, 0.3) is 0 Å². The van der Waals surface area contributed by atoms with Crippen molar-refractivity contribution >= 4 is 17.6 Å². The summed E-state index contributed by atoms with van der Waals surface area (Å²) in [6.45, 7) is 6.00. The molecule has 0 bridgehead atoms. The Labute approximate surface area is 84.6 Å². The molecule has 0 aromatic rings. The summed E-state index contributed by atoms with van der Waals surface area (Å²) in [5.41, 5.74) is 4.83. The molecule has 0 aromatic carbocycles. The molecule has 1 atom stereocenters. The molecular formula is C9H18ClNO2. The van der Waals surface area contributed by atoms with Gasteiger partial charge in [0, 0.05) is 0 Å². The van der Waals surface area contributed by atoms with E-state index >= 15 is 0 Å². The van der Waals surface area contributed by atoms with Crippen LogP contribution >= 0.6 is 11.6 Å². The van der Waals surface area contributed by atoms with Crippen LogP contribution in [0.5, 0.6) is 0 Å². The number of carbonyl (C=O) groups excluding carboxylic acids is 1. The molecule has 0 saturated carbocycles.